The number of halogens is 3. The van der Waals surface area contributed by atoms with E-state index in [2.05, 4.69) is 21.8 Å². The van der Waals surface area contributed by atoms with Gasteiger partial charge < -0.3 is 14.5 Å². The van der Waals surface area contributed by atoms with Crippen LogP contribution in [0, 0.1) is 11.8 Å². The first-order valence-electron chi connectivity index (χ1n) is 14.7. The molecule has 2 fully saturated rings. The van der Waals surface area contributed by atoms with Crippen molar-refractivity contribution in [1.82, 2.24) is 14.9 Å². The van der Waals surface area contributed by atoms with Crippen LogP contribution in [0.1, 0.15) is 75.0 Å². The van der Waals surface area contributed by atoms with Crippen molar-refractivity contribution < 1.29 is 22.7 Å². The highest BCUT2D eigenvalue weighted by Gasteiger charge is 2.36. The van der Waals surface area contributed by atoms with Gasteiger partial charge >= 0.3 is 6.18 Å². The molecular formula is C31H39F3N4O2. The molecule has 1 aromatic heterocycles. The first kappa shape index (κ1) is 28.4. The Hall–Kier alpha value is -3.10. The molecule has 2 aliphatic heterocycles. The van der Waals surface area contributed by atoms with Crippen LogP contribution in [0.5, 0.6) is 5.75 Å². The molecule has 1 aliphatic carbocycles. The number of carbonyl (C=O) groups excluding carboxylic acids is 1. The SMILES string of the molecule is CCc1cnc(N2CCC(COc3ccc(C4=CCC(C(=O)N5CCCCC5)CC4)cc3C(F)(F)F)CC2)nc1. The third-order valence-corrected chi connectivity index (χ3v) is 8.56. The molecule has 0 bridgehead atoms. The minimum absolute atomic E-state index is 0.0692. The van der Waals surface area contributed by atoms with E-state index in [9.17, 15) is 18.0 Å². The van der Waals surface area contributed by atoms with E-state index in [1.165, 1.54) is 18.6 Å². The van der Waals surface area contributed by atoms with E-state index >= 15 is 0 Å². The van der Waals surface area contributed by atoms with Gasteiger partial charge in [-0.2, -0.15) is 13.2 Å². The molecule has 0 N–H and O–H groups in total. The maximum absolute atomic E-state index is 14.1. The van der Waals surface area contributed by atoms with Crippen molar-refractivity contribution in [3.8, 4) is 5.75 Å². The second-order valence-corrected chi connectivity index (χ2v) is 11.3. The average molecular weight is 557 g/mol. The normalized spacial score (nSPS) is 20.8. The maximum atomic E-state index is 14.1. The Kier molecular flexibility index (Phi) is 8.96. The summed E-state index contributed by atoms with van der Waals surface area (Å²) in [5.74, 6) is 0.877. The van der Waals surface area contributed by atoms with Crippen LogP contribution in [-0.4, -0.2) is 53.6 Å². The topological polar surface area (TPSA) is 58.6 Å². The summed E-state index contributed by atoms with van der Waals surface area (Å²) in [4.78, 5) is 25.8. The highest BCUT2D eigenvalue weighted by Crippen LogP contribution is 2.40. The molecule has 2 saturated heterocycles. The fraction of sp³-hybridized carbons (Fsp3) is 0.581. The largest absolute Gasteiger partial charge is 0.493 e. The molecule has 3 heterocycles. The van der Waals surface area contributed by atoms with Crippen molar-refractivity contribution >= 4 is 17.4 Å². The van der Waals surface area contributed by atoms with Crippen LogP contribution in [-0.2, 0) is 17.4 Å². The third kappa shape index (κ3) is 6.78. The molecule has 0 radical (unpaired) electrons. The highest BCUT2D eigenvalue weighted by atomic mass is 19.4. The minimum Gasteiger partial charge on any atom is -0.493 e. The number of rotatable bonds is 7. The lowest BCUT2D eigenvalue weighted by Gasteiger charge is -2.32. The first-order chi connectivity index (χ1) is 19.3. The summed E-state index contributed by atoms with van der Waals surface area (Å²) in [6.45, 7) is 5.45. The van der Waals surface area contributed by atoms with Crippen LogP contribution in [0.3, 0.4) is 0 Å². The molecule has 0 saturated carbocycles. The standard InChI is InChI=1S/C31H39F3N4O2/c1-2-22-19-35-30(36-20-22)38-16-12-23(13-17-38)21-40-28-11-10-26(18-27(28)31(32,33)34)24-6-8-25(9-7-24)29(39)37-14-4-3-5-15-37/h6,10-11,18-20,23,25H,2-5,7-9,12-17,21H2,1H3. The van der Waals surface area contributed by atoms with Crippen LogP contribution in [0.2, 0.25) is 0 Å². The lowest BCUT2D eigenvalue weighted by Crippen LogP contribution is -2.40. The molecule has 1 aromatic carbocycles. The summed E-state index contributed by atoms with van der Waals surface area (Å²) in [5, 5.41) is 0. The van der Waals surface area contributed by atoms with Gasteiger partial charge in [-0.25, -0.2) is 9.97 Å². The summed E-state index contributed by atoms with van der Waals surface area (Å²) < 4.78 is 48.0. The van der Waals surface area contributed by atoms with Crippen LogP contribution in [0.25, 0.3) is 5.57 Å². The Morgan fingerprint density at radius 1 is 1.02 bits per heavy atom. The quantitative estimate of drug-likeness (QED) is 0.387. The van der Waals surface area contributed by atoms with Crippen molar-refractivity contribution in [2.45, 2.75) is 70.9 Å². The van der Waals surface area contributed by atoms with Gasteiger partial charge in [-0.1, -0.05) is 19.1 Å². The number of amides is 1. The number of aryl methyl sites for hydroxylation is 1. The second-order valence-electron chi connectivity index (χ2n) is 11.3. The zero-order valence-corrected chi connectivity index (χ0v) is 23.3. The Morgan fingerprint density at radius 3 is 2.38 bits per heavy atom. The van der Waals surface area contributed by atoms with Crippen LogP contribution in [0.4, 0.5) is 19.1 Å². The zero-order valence-electron chi connectivity index (χ0n) is 23.3. The number of alkyl halides is 3. The van der Waals surface area contributed by atoms with Gasteiger partial charge in [0.2, 0.25) is 11.9 Å². The van der Waals surface area contributed by atoms with Crippen LogP contribution >= 0.6 is 0 Å². The predicted octanol–water partition coefficient (Wildman–Crippen LogP) is 6.55. The molecule has 3 aliphatic rings. The van der Waals surface area contributed by atoms with E-state index in [1.807, 2.05) is 23.4 Å². The van der Waals surface area contributed by atoms with E-state index in [1.54, 1.807) is 6.07 Å². The second kappa shape index (κ2) is 12.6. The van der Waals surface area contributed by atoms with Gasteiger partial charge in [-0.3, -0.25) is 4.79 Å². The number of piperidine rings is 2. The average Bonchev–Trinajstić information content (AvgIpc) is 3.00. The maximum Gasteiger partial charge on any atom is 0.419 e. The monoisotopic (exact) mass is 556 g/mol. The van der Waals surface area contributed by atoms with Crippen LogP contribution in [0.15, 0.2) is 36.7 Å². The molecule has 40 heavy (non-hydrogen) atoms. The number of allylic oxidation sites excluding steroid dienone is 2. The minimum atomic E-state index is -4.52. The molecule has 9 heteroatoms. The predicted molar refractivity (Wildman–Crippen MR) is 149 cm³/mol. The number of hydrogen-bond donors (Lipinski definition) is 0. The smallest absolute Gasteiger partial charge is 0.419 e. The van der Waals surface area contributed by atoms with Crippen molar-refractivity contribution in [2.75, 3.05) is 37.7 Å². The summed E-state index contributed by atoms with van der Waals surface area (Å²) >= 11 is 0. The summed E-state index contributed by atoms with van der Waals surface area (Å²) in [5.41, 5.74) is 1.79. The molecule has 5 rings (SSSR count). The van der Waals surface area contributed by atoms with Crippen molar-refractivity contribution in [3.63, 3.8) is 0 Å². The number of hydrogen-bond acceptors (Lipinski definition) is 5. The van der Waals surface area contributed by atoms with E-state index in [-0.39, 0.29) is 30.1 Å². The van der Waals surface area contributed by atoms with Gasteiger partial charge in [0.1, 0.15) is 5.75 Å². The third-order valence-electron chi connectivity index (χ3n) is 8.56. The Labute approximate surface area is 234 Å². The Morgan fingerprint density at radius 2 is 1.75 bits per heavy atom. The van der Waals surface area contributed by atoms with E-state index in [0.717, 1.165) is 69.4 Å². The molecular weight excluding hydrogens is 517 g/mol. The van der Waals surface area contributed by atoms with Gasteiger partial charge in [-0.05, 0) is 92.5 Å². The van der Waals surface area contributed by atoms with E-state index in [0.29, 0.717) is 30.8 Å². The molecule has 2 aromatic rings. The lowest BCUT2D eigenvalue weighted by atomic mass is 9.85. The van der Waals surface area contributed by atoms with Gasteiger partial charge in [0.25, 0.3) is 0 Å². The molecule has 1 atom stereocenters. The fourth-order valence-corrected chi connectivity index (χ4v) is 5.97. The summed E-state index contributed by atoms with van der Waals surface area (Å²) in [7, 11) is 0. The van der Waals surface area contributed by atoms with Crippen molar-refractivity contribution in [1.29, 1.82) is 0 Å². The van der Waals surface area contributed by atoms with E-state index in [4.69, 9.17) is 4.74 Å². The van der Waals surface area contributed by atoms with Gasteiger partial charge in [0.05, 0.1) is 12.2 Å². The highest BCUT2D eigenvalue weighted by molar-refractivity contribution is 5.81. The van der Waals surface area contributed by atoms with Crippen molar-refractivity contribution in [3.05, 3.63) is 53.4 Å². The van der Waals surface area contributed by atoms with E-state index < -0.39 is 11.7 Å². The number of anilines is 1. The lowest BCUT2D eigenvalue weighted by molar-refractivity contribution is -0.139. The molecule has 1 amide bonds. The molecule has 0 spiro atoms. The molecule has 6 nitrogen and oxygen atoms in total. The number of carbonyl (C=O) groups is 1. The number of aromatic nitrogens is 2. The Bertz CT molecular complexity index is 1180. The van der Waals surface area contributed by atoms with Gasteiger partial charge in [0.15, 0.2) is 0 Å². The number of likely N-dealkylation sites (tertiary alicyclic amines) is 1. The van der Waals surface area contributed by atoms with Crippen molar-refractivity contribution in [2.24, 2.45) is 11.8 Å². The van der Waals surface area contributed by atoms with Gasteiger partial charge in [0, 0.05) is 44.5 Å². The summed E-state index contributed by atoms with van der Waals surface area (Å²) in [6.07, 6.45) is 8.76. The fourth-order valence-electron chi connectivity index (χ4n) is 5.97. The van der Waals surface area contributed by atoms with Crippen LogP contribution < -0.4 is 9.64 Å². The van der Waals surface area contributed by atoms with Gasteiger partial charge in [-0.15, -0.1) is 0 Å². The zero-order chi connectivity index (χ0) is 28.1. The molecule has 216 valence electrons. The summed E-state index contributed by atoms with van der Waals surface area (Å²) in [6, 6.07) is 4.40. The Balaban J connectivity index is 1.18. The number of benzene rings is 1. The first-order valence-corrected chi connectivity index (χ1v) is 14.7. The number of ether oxygens (including phenoxy) is 1. The molecule has 1 unspecified atom stereocenters. The number of nitrogens with zero attached hydrogens (tertiary/aromatic N) is 4.